The van der Waals surface area contributed by atoms with Gasteiger partial charge in [-0.25, -0.2) is 13.9 Å². The molecule has 40 heavy (non-hydrogen) atoms. The molecular weight excluding hydrogens is 509 g/mol. The van der Waals surface area contributed by atoms with E-state index < -0.39 is 6.04 Å². The summed E-state index contributed by atoms with van der Waals surface area (Å²) in [4.78, 5) is 15.8. The fourth-order valence-corrected chi connectivity index (χ4v) is 5.29. The zero-order valence-electron chi connectivity index (χ0n) is 22.3. The topological polar surface area (TPSA) is 73.5 Å². The van der Waals surface area contributed by atoms with Crippen LogP contribution in [0.15, 0.2) is 91.1 Å². The van der Waals surface area contributed by atoms with Gasteiger partial charge in [-0.2, -0.15) is 5.10 Å². The molecule has 2 amide bonds. The Morgan fingerprint density at radius 2 is 1.75 bits per heavy atom. The van der Waals surface area contributed by atoms with Gasteiger partial charge in [0, 0.05) is 23.5 Å². The Labute approximate surface area is 231 Å². The quantitative estimate of drug-likeness (QED) is 0.287. The molecule has 0 spiro atoms. The van der Waals surface area contributed by atoms with Crippen molar-refractivity contribution in [3.8, 4) is 23.0 Å². The van der Waals surface area contributed by atoms with E-state index in [-0.39, 0.29) is 18.4 Å². The molecule has 0 radical (unpaired) electrons. The number of nitrogens with one attached hydrogen (secondary N) is 1. The number of ether oxygens (including phenoxy) is 2. The molecule has 8 nitrogen and oxygen atoms in total. The molecule has 1 aliphatic rings. The van der Waals surface area contributed by atoms with Crippen molar-refractivity contribution in [1.82, 2.24) is 19.2 Å². The highest BCUT2D eigenvalue weighted by Gasteiger charge is 2.36. The van der Waals surface area contributed by atoms with Crippen LogP contribution in [0.3, 0.4) is 0 Å². The van der Waals surface area contributed by atoms with Gasteiger partial charge in [0.2, 0.25) is 0 Å². The molecule has 6 rings (SSSR count). The zero-order chi connectivity index (χ0) is 27.8. The monoisotopic (exact) mass is 537 g/mol. The van der Waals surface area contributed by atoms with E-state index in [2.05, 4.69) is 5.32 Å². The van der Waals surface area contributed by atoms with Gasteiger partial charge in [-0.15, -0.1) is 0 Å². The molecule has 0 saturated carbocycles. The van der Waals surface area contributed by atoms with Gasteiger partial charge >= 0.3 is 6.03 Å². The van der Waals surface area contributed by atoms with Crippen molar-refractivity contribution in [2.45, 2.75) is 19.5 Å². The number of nitrogens with zero attached hydrogens (tertiary/aromatic N) is 4. The number of aryl methyl sites for hydroxylation is 1. The standard InChI is InChI=1S/C31H28FN5O3/c1-20-25-19-36(31(38)33-23-14-15-27(39-2)28(18-23)40-3)29(21-9-7-10-22(32)17-21)26-13-8-16-35(26)30(25)37(34-20)24-11-5-4-6-12-24/h4-18,29H,19H2,1-3H3,(H,33,38). The summed E-state index contributed by atoms with van der Waals surface area (Å²) in [5.41, 5.74) is 4.59. The van der Waals surface area contributed by atoms with E-state index in [0.717, 1.165) is 28.5 Å². The van der Waals surface area contributed by atoms with Crippen LogP contribution >= 0.6 is 0 Å². The average Bonchev–Trinajstić information content (AvgIpc) is 3.53. The molecule has 202 valence electrons. The number of fused-ring (bicyclic) bond motifs is 3. The van der Waals surface area contributed by atoms with Crippen LogP contribution in [-0.2, 0) is 6.54 Å². The first-order valence-corrected chi connectivity index (χ1v) is 12.8. The lowest BCUT2D eigenvalue weighted by Crippen LogP contribution is -2.38. The number of hydrogen-bond acceptors (Lipinski definition) is 4. The second kappa shape index (κ2) is 10.3. The molecule has 1 aliphatic heterocycles. The smallest absolute Gasteiger partial charge is 0.322 e. The molecule has 0 bridgehead atoms. The lowest BCUT2D eigenvalue weighted by molar-refractivity contribution is 0.194. The summed E-state index contributed by atoms with van der Waals surface area (Å²) in [6.45, 7) is 2.18. The van der Waals surface area contributed by atoms with Gasteiger partial charge in [0.1, 0.15) is 11.6 Å². The molecule has 0 saturated heterocycles. The molecule has 1 N–H and O–H groups in total. The van der Waals surface area contributed by atoms with Crippen molar-refractivity contribution in [3.05, 3.63) is 119 Å². The van der Waals surface area contributed by atoms with Crippen LogP contribution in [0.2, 0.25) is 0 Å². The highest BCUT2D eigenvalue weighted by Crippen LogP contribution is 2.39. The van der Waals surface area contributed by atoms with Crippen LogP contribution in [0.25, 0.3) is 11.5 Å². The minimum Gasteiger partial charge on any atom is -0.493 e. The largest absolute Gasteiger partial charge is 0.493 e. The third-order valence-corrected chi connectivity index (χ3v) is 7.15. The molecule has 1 unspecified atom stereocenters. The second-order valence-corrected chi connectivity index (χ2v) is 9.52. The number of carbonyl (C=O) groups is 1. The lowest BCUT2D eigenvalue weighted by atomic mass is 10.0. The molecular formula is C31H28FN5O3. The Morgan fingerprint density at radius 1 is 0.950 bits per heavy atom. The van der Waals surface area contributed by atoms with Crippen molar-refractivity contribution in [1.29, 1.82) is 0 Å². The summed E-state index contributed by atoms with van der Waals surface area (Å²) < 4.78 is 29.2. The molecule has 5 aromatic rings. The van der Waals surface area contributed by atoms with E-state index in [1.54, 1.807) is 43.4 Å². The number of anilines is 1. The summed E-state index contributed by atoms with van der Waals surface area (Å²) in [5.74, 6) is 1.52. The maximum atomic E-state index is 14.5. The van der Waals surface area contributed by atoms with Gasteiger partial charge in [-0.3, -0.25) is 0 Å². The van der Waals surface area contributed by atoms with E-state index in [0.29, 0.717) is 22.7 Å². The van der Waals surface area contributed by atoms with Crippen LogP contribution < -0.4 is 14.8 Å². The fraction of sp³-hybridized carbons (Fsp3) is 0.161. The average molecular weight is 538 g/mol. The van der Waals surface area contributed by atoms with Crippen molar-refractivity contribution in [2.24, 2.45) is 0 Å². The first kappa shape index (κ1) is 25.2. The summed E-state index contributed by atoms with van der Waals surface area (Å²) in [5, 5.41) is 7.87. The van der Waals surface area contributed by atoms with E-state index in [4.69, 9.17) is 14.6 Å². The van der Waals surface area contributed by atoms with Crippen LogP contribution in [0, 0.1) is 12.7 Å². The SMILES string of the molecule is COc1ccc(NC(=O)N2Cc3c(C)nn(-c4ccccc4)c3-n3cccc3C2c2cccc(F)c2)cc1OC. The lowest BCUT2D eigenvalue weighted by Gasteiger charge is -2.31. The second-order valence-electron chi connectivity index (χ2n) is 9.52. The Bertz CT molecular complexity index is 1690. The maximum absolute atomic E-state index is 14.5. The van der Waals surface area contributed by atoms with Crippen molar-refractivity contribution in [3.63, 3.8) is 0 Å². The first-order chi connectivity index (χ1) is 19.5. The Morgan fingerprint density at radius 3 is 2.50 bits per heavy atom. The molecule has 3 heterocycles. The van der Waals surface area contributed by atoms with E-state index in [9.17, 15) is 9.18 Å². The number of halogens is 1. The summed E-state index contributed by atoms with van der Waals surface area (Å²) in [6, 6.07) is 24.4. The Balaban J connectivity index is 1.50. The van der Waals surface area contributed by atoms with Gasteiger partial charge in [0.15, 0.2) is 11.5 Å². The molecule has 9 heteroatoms. The highest BCUT2D eigenvalue weighted by molar-refractivity contribution is 5.90. The van der Waals surface area contributed by atoms with Gasteiger partial charge in [-0.05, 0) is 61.0 Å². The van der Waals surface area contributed by atoms with Gasteiger partial charge < -0.3 is 24.3 Å². The highest BCUT2D eigenvalue weighted by atomic mass is 19.1. The molecule has 2 aromatic heterocycles. The number of hydrogen-bond donors (Lipinski definition) is 1. The number of urea groups is 1. The summed E-state index contributed by atoms with van der Waals surface area (Å²) in [6.07, 6.45) is 1.96. The van der Waals surface area contributed by atoms with E-state index in [1.807, 2.05) is 70.9 Å². The van der Waals surface area contributed by atoms with Crippen LogP contribution in [0.1, 0.15) is 28.6 Å². The van der Waals surface area contributed by atoms with Crippen molar-refractivity contribution < 1.29 is 18.7 Å². The van der Waals surface area contributed by atoms with Crippen molar-refractivity contribution in [2.75, 3.05) is 19.5 Å². The maximum Gasteiger partial charge on any atom is 0.322 e. The summed E-state index contributed by atoms with van der Waals surface area (Å²) in [7, 11) is 3.10. The normalized spacial score (nSPS) is 14.2. The van der Waals surface area contributed by atoms with E-state index >= 15 is 0 Å². The van der Waals surface area contributed by atoms with E-state index in [1.165, 1.54) is 12.1 Å². The van der Waals surface area contributed by atoms with Gasteiger partial charge in [0.25, 0.3) is 0 Å². The number of para-hydroxylation sites is 1. The summed E-state index contributed by atoms with van der Waals surface area (Å²) >= 11 is 0. The number of benzene rings is 3. The minimum absolute atomic E-state index is 0.246. The van der Waals surface area contributed by atoms with Crippen LogP contribution in [0.5, 0.6) is 11.5 Å². The predicted octanol–water partition coefficient (Wildman–Crippen LogP) is 6.26. The van der Waals surface area contributed by atoms with Gasteiger partial charge in [-0.1, -0.05) is 30.3 Å². The van der Waals surface area contributed by atoms with Crippen molar-refractivity contribution >= 4 is 11.7 Å². The fourth-order valence-electron chi connectivity index (χ4n) is 5.29. The number of carbonyl (C=O) groups excluding carboxylic acids is 1. The van der Waals surface area contributed by atoms with Crippen LogP contribution in [-0.4, -0.2) is 39.5 Å². The zero-order valence-corrected chi connectivity index (χ0v) is 22.3. The third kappa shape index (κ3) is 4.35. The van der Waals surface area contributed by atoms with Gasteiger partial charge in [0.05, 0.1) is 43.9 Å². The molecule has 0 fully saturated rings. The molecule has 3 aromatic carbocycles. The number of amides is 2. The first-order valence-electron chi connectivity index (χ1n) is 12.8. The Kier molecular flexibility index (Phi) is 6.47. The Hall–Kier alpha value is -5.05. The number of rotatable bonds is 5. The molecule has 1 atom stereocenters. The minimum atomic E-state index is -0.582. The third-order valence-electron chi connectivity index (χ3n) is 7.15. The predicted molar refractivity (Wildman–Crippen MR) is 150 cm³/mol. The number of methoxy groups -OCH3 is 2. The molecule has 0 aliphatic carbocycles. The van der Waals surface area contributed by atoms with Crippen LogP contribution in [0.4, 0.5) is 14.9 Å². The number of aromatic nitrogens is 3.